The molecule has 2 saturated heterocycles. The van der Waals surface area contributed by atoms with Gasteiger partial charge in [0.25, 0.3) is 0 Å². The number of aliphatic imine (C=N–C) groups is 1. The van der Waals surface area contributed by atoms with Crippen LogP contribution in [-0.4, -0.2) is 55.9 Å². The van der Waals surface area contributed by atoms with Crippen LogP contribution in [0.5, 0.6) is 0 Å². The second kappa shape index (κ2) is 7.27. The van der Waals surface area contributed by atoms with Crippen LogP contribution in [0.1, 0.15) is 33.6 Å². The van der Waals surface area contributed by atoms with E-state index in [4.69, 9.17) is 15.2 Å². The number of rotatable bonds is 3. The Kier molecular flexibility index (Phi) is 5.66. The molecule has 0 radical (unpaired) electrons. The summed E-state index contributed by atoms with van der Waals surface area (Å²) in [5, 5.41) is 0. The molecule has 5 nitrogen and oxygen atoms in total. The van der Waals surface area contributed by atoms with E-state index in [-0.39, 0.29) is 6.10 Å². The Morgan fingerprint density at radius 3 is 2.85 bits per heavy atom. The van der Waals surface area contributed by atoms with E-state index in [1.807, 2.05) is 0 Å². The minimum atomic E-state index is 0.242. The molecule has 0 aromatic rings. The molecule has 2 N–H and O–H groups in total. The minimum absolute atomic E-state index is 0.242. The molecule has 3 atom stereocenters. The van der Waals surface area contributed by atoms with E-state index in [9.17, 15) is 0 Å². The molecule has 116 valence electrons. The number of guanidine groups is 1. The molecule has 0 aromatic heterocycles. The molecule has 2 aliphatic rings. The van der Waals surface area contributed by atoms with Gasteiger partial charge in [-0.25, -0.2) is 0 Å². The number of nitrogens with zero attached hydrogens (tertiary/aromatic N) is 2. The molecular weight excluding hydrogens is 254 g/mol. The van der Waals surface area contributed by atoms with Gasteiger partial charge in [0, 0.05) is 26.2 Å². The summed E-state index contributed by atoms with van der Waals surface area (Å²) < 4.78 is 11.3. The van der Waals surface area contributed by atoms with Crippen LogP contribution >= 0.6 is 0 Å². The molecule has 2 rings (SSSR count). The Hall–Kier alpha value is -0.810. The molecule has 0 amide bonds. The second-order valence-electron chi connectivity index (χ2n) is 6.37. The van der Waals surface area contributed by atoms with E-state index >= 15 is 0 Å². The summed E-state index contributed by atoms with van der Waals surface area (Å²) in [6.07, 6.45) is 2.83. The fourth-order valence-corrected chi connectivity index (χ4v) is 2.88. The zero-order valence-electron chi connectivity index (χ0n) is 13.0. The summed E-state index contributed by atoms with van der Waals surface area (Å²) in [6, 6.07) is 0. The van der Waals surface area contributed by atoms with Gasteiger partial charge < -0.3 is 20.1 Å². The molecule has 0 bridgehead atoms. The van der Waals surface area contributed by atoms with Crippen molar-refractivity contribution in [1.29, 1.82) is 0 Å². The molecule has 20 heavy (non-hydrogen) atoms. The number of ether oxygens (including phenoxy) is 2. The van der Waals surface area contributed by atoms with Gasteiger partial charge >= 0.3 is 0 Å². The normalized spacial score (nSPS) is 32.7. The Bertz CT molecular complexity index is 333. The van der Waals surface area contributed by atoms with Gasteiger partial charge in [0.1, 0.15) is 0 Å². The Labute approximate surface area is 122 Å². The molecule has 3 unspecified atom stereocenters. The zero-order chi connectivity index (χ0) is 14.5. The maximum atomic E-state index is 6.11. The smallest absolute Gasteiger partial charge is 0.191 e. The van der Waals surface area contributed by atoms with E-state index in [0.717, 1.165) is 45.7 Å². The summed E-state index contributed by atoms with van der Waals surface area (Å²) in [5.41, 5.74) is 6.11. The van der Waals surface area contributed by atoms with Gasteiger partial charge in [0.05, 0.1) is 18.8 Å². The molecule has 5 heteroatoms. The second-order valence-corrected chi connectivity index (χ2v) is 6.37. The van der Waals surface area contributed by atoms with Crippen LogP contribution in [0.4, 0.5) is 0 Å². The topological polar surface area (TPSA) is 60.1 Å². The lowest BCUT2D eigenvalue weighted by atomic mass is 9.90. The summed E-state index contributed by atoms with van der Waals surface area (Å²) in [4.78, 5) is 6.74. The summed E-state index contributed by atoms with van der Waals surface area (Å²) in [5.74, 6) is 1.86. The fourth-order valence-electron chi connectivity index (χ4n) is 2.88. The Morgan fingerprint density at radius 2 is 2.15 bits per heavy atom. The predicted octanol–water partition coefficient (Wildman–Crippen LogP) is 1.47. The third kappa shape index (κ3) is 4.35. The molecule has 2 heterocycles. The summed E-state index contributed by atoms with van der Waals surface area (Å²) in [6.45, 7) is 10.6. The number of hydrogen-bond acceptors (Lipinski definition) is 3. The highest BCUT2D eigenvalue weighted by Gasteiger charge is 2.25. The first kappa shape index (κ1) is 15.6. The van der Waals surface area contributed by atoms with Gasteiger partial charge in [-0.1, -0.05) is 13.8 Å². The first-order chi connectivity index (χ1) is 9.56. The first-order valence-electron chi connectivity index (χ1n) is 7.84. The van der Waals surface area contributed by atoms with Gasteiger partial charge in [-0.15, -0.1) is 0 Å². The number of nitrogens with two attached hydrogens (primary N) is 1. The molecule has 0 saturated carbocycles. The minimum Gasteiger partial charge on any atom is -0.378 e. The van der Waals surface area contributed by atoms with Crippen molar-refractivity contribution in [3.8, 4) is 0 Å². The van der Waals surface area contributed by atoms with Crippen LogP contribution in [0.15, 0.2) is 4.99 Å². The van der Waals surface area contributed by atoms with Crippen molar-refractivity contribution in [3.63, 3.8) is 0 Å². The molecule has 0 aromatic carbocycles. The highest BCUT2D eigenvalue weighted by atomic mass is 16.5. The van der Waals surface area contributed by atoms with Gasteiger partial charge in [0.2, 0.25) is 0 Å². The van der Waals surface area contributed by atoms with Crippen LogP contribution in [0.2, 0.25) is 0 Å². The van der Waals surface area contributed by atoms with Crippen molar-refractivity contribution in [2.45, 2.75) is 45.8 Å². The Morgan fingerprint density at radius 1 is 1.35 bits per heavy atom. The van der Waals surface area contributed by atoms with E-state index in [2.05, 4.69) is 30.7 Å². The van der Waals surface area contributed by atoms with Gasteiger partial charge in [-0.05, 0) is 31.6 Å². The van der Waals surface area contributed by atoms with Gasteiger partial charge in [-0.2, -0.15) is 0 Å². The van der Waals surface area contributed by atoms with E-state index in [1.54, 1.807) is 0 Å². The van der Waals surface area contributed by atoms with Crippen LogP contribution in [0.3, 0.4) is 0 Å². The highest BCUT2D eigenvalue weighted by Crippen LogP contribution is 2.25. The van der Waals surface area contributed by atoms with Crippen LogP contribution in [-0.2, 0) is 9.47 Å². The van der Waals surface area contributed by atoms with E-state index < -0.39 is 0 Å². The summed E-state index contributed by atoms with van der Waals surface area (Å²) in [7, 11) is 0. The van der Waals surface area contributed by atoms with Crippen molar-refractivity contribution in [1.82, 2.24) is 4.90 Å². The predicted molar refractivity (Wildman–Crippen MR) is 80.8 cm³/mol. The van der Waals surface area contributed by atoms with Crippen molar-refractivity contribution < 1.29 is 9.47 Å². The number of morpholine rings is 1. The third-order valence-electron chi connectivity index (χ3n) is 4.24. The van der Waals surface area contributed by atoms with E-state index in [0.29, 0.717) is 23.9 Å². The number of hydrogen-bond donors (Lipinski definition) is 1. The van der Waals surface area contributed by atoms with Crippen LogP contribution in [0.25, 0.3) is 0 Å². The standard InChI is InChI=1S/C15H29N3O2/c1-11(2)14-8-13(4-6-20-14)9-17-15(16)18-5-7-19-12(3)10-18/h11-14H,4-10H2,1-3H3,(H2,16,17). The van der Waals surface area contributed by atoms with Crippen LogP contribution in [0, 0.1) is 11.8 Å². The molecule has 2 fully saturated rings. The lowest BCUT2D eigenvalue weighted by molar-refractivity contribution is -0.0322. The Balaban J connectivity index is 1.81. The maximum absolute atomic E-state index is 6.11. The maximum Gasteiger partial charge on any atom is 0.191 e. The third-order valence-corrected chi connectivity index (χ3v) is 4.24. The van der Waals surface area contributed by atoms with Crippen molar-refractivity contribution >= 4 is 5.96 Å². The average molecular weight is 283 g/mol. The average Bonchev–Trinajstić information content (AvgIpc) is 2.45. The highest BCUT2D eigenvalue weighted by molar-refractivity contribution is 5.78. The van der Waals surface area contributed by atoms with Crippen molar-refractivity contribution in [2.75, 3.05) is 32.8 Å². The van der Waals surface area contributed by atoms with Gasteiger partial charge in [-0.3, -0.25) is 4.99 Å². The van der Waals surface area contributed by atoms with Gasteiger partial charge in [0.15, 0.2) is 5.96 Å². The fraction of sp³-hybridized carbons (Fsp3) is 0.933. The lowest BCUT2D eigenvalue weighted by Crippen LogP contribution is -2.48. The zero-order valence-corrected chi connectivity index (χ0v) is 13.0. The molecule has 0 aliphatic carbocycles. The lowest BCUT2D eigenvalue weighted by Gasteiger charge is -2.33. The largest absolute Gasteiger partial charge is 0.378 e. The SMILES string of the molecule is CC1CN(C(N)=NCC2CCOC(C(C)C)C2)CCO1. The van der Waals surface area contributed by atoms with Crippen molar-refractivity contribution in [2.24, 2.45) is 22.6 Å². The molecule has 0 spiro atoms. The van der Waals surface area contributed by atoms with E-state index in [1.165, 1.54) is 0 Å². The van der Waals surface area contributed by atoms with Crippen molar-refractivity contribution in [3.05, 3.63) is 0 Å². The monoisotopic (exact) mass is 283 g/mol. The summed E-state index contributed by atoms with van der Waals surface area (Å²) >= 11 is 0. The first-order valence-corrected chi connectivity index (χ1v) is 7.84. The quantitative estimate of drug-likeness (QED) is 0.629. The molecule has 2 aliphatic heterocycles. The van der Waals surface area contributed by atoms with Crippen LogP contribution < -0.4 is 5.73 Å². The molecular formula is C15H29N3O2.